The Morgan fingerprint density at radius 2 is 0.368 bits per heavy atom. The third-order valence-electron chi connectivity index (χ3n) is 4.01. The van der Waals surface area contributed by atoms with E-state index in [1.807, 2.05) is 0 Å². The predicted octanol–water partition coefficient (Wildman–Crippen LogP) is -3.48. The van der Waals surface area contributed by atoms with Crippen LogP contribution in [0.4, 0.5) is 0 Å². The van der Waals surface area contributed by atoms with Gasteiger partial charge in [-0.15, -0.1) is 0 Å². The van der Waals surface area contributed by atoms with E-state index >= 15 is 0 Å². The van der Waals surface area contributed by atoms with Gasteiger partial charge in [-0.1, -0.05) is 0 Å². The van der Waals surface area contributed by atoms with Crippen LogP contribution in [0.3, 0.4) is 0 Å². The number of hydrogen-bond acceptors (Lipinski definition) is 9. The van der Waals surface area contributed by atoms with Gasteiger partial charge in [0.1, 0.15) is 0 Å². The third kappa shape index (κ3) is 9.06. The minimum atomic E-state index is -7.45. The second-order valence-corrected chi connectivity index (χ2v) is 22.0. The highest BCUT2D eigenvalue weighted by Gasteiger charge is 2.84. The van der Waals surface area contributed by atoms with E-state index in [0.717, 1.165) is 0 Å². The van der Waals surface area contributed by atoms with E-state index in [1.165, 1.54) is 0 Å². The Hall–Kier alpha value is 1.12. The Balaban J connectivity index is 0. The monoisotopic (exact) mass is 731 g/mol. The van der Waals surface area contributed by atoms with Crippen molar-refractivity contribution in [2.24, 2.45) is 0 Å². The van der Waals surface area contributed by atoms with Crippen LogP contribution in [0.1, 0.15) is 0 Å². The number of hydrogen-bond donors (Lipinski definition) is 17. The molecule has 38 heavy (non-hydrogen) atoms. The minimum Gasteiger partial charge on any atom is -0.344 e. The summed E-state index contributed by atoms with van der Waals surface area (Å²) in [6.07, 6.45) is 0. The molecule has 0 spiro atoms. The Morgan fingerprint density at radius 3 is 0.421 bits per heavy atom. The van der Waals surface area contributed by atoms with Crippen LogP contribution in [0.2, 0.25) is 0 Å². The SMILES string of the molecule is N.O=P(O)(O)C([N+](C(P(=O)(O)O)P(=O)(O)O)(C(P(=O)(O)O)P(=O)(O)O)C(P(=O)(O)O)P(=O)(O)O)P(=O)(O)O. The van der Waals surface area contributed by atoms with Crippen molar-refractivity contribution in [2.45, 2.75) is 22.1 Å². The van der Waals surface area contributed by atoms with Gasteiger partial charge in [-0.25, -0.2) is 4.48 Å². The van der Waals surface area contributed by atoms with Gasteiger partial charge in [0.15, 0.2) is 0 Å². The van der Waals surface area contributed by atoms with Gasteiger partial charge in [0, 0.05) is 0 Å². The number of rotatable bonds is 12. The second-order valence-electron chi connectivity index (χ2n) is 6.99. The smallest absolute Gasteiger partial charge is 0.344 e. The summed E-state index contributed by atoms with van der Waals surface area (Å²) >= 11 is 0. The summed E-state index contributed by atoms with van der Waals surface area (Å²) in [5, 5.41) is 0. The van der Waals surface area contributed by atoms with E-state index in [-0.39, 0.29) is 6.15 Å². The van der Waals surface area contributed by atoms with Crippen molar-refractivity contribution < 1.29 is 119 Å². The maximum absolute atomic E-state index is 12.2. The molecular formula is C4H23N2O24P8+. The van der Waals surface area contributed by atoms with E-state index in [4.69, 9.17) is 0 Å². The summed E-state index contributed by atoms with van der Waals surface area (Å²) in [5.74, 6) is 0. The second kappa shape index (κ2) is 11.7. The largest absolute Gasteiger partial charge is 0.395 e. The summed E-state index contributed by atoms with van der Waals surface area (Å²) in [7, 11) is -59.6. The molecule has 0 aliphatic heterocycles. The van der Waals surface area contributed by atoms with Gasteiger partial charge >= 0.3 is 60.8 Å². The maximum Gasteiger partial charge on any atom is 0.395 e. The average Bonchev–Trinajstić information content (AvgIpc) is 2.30. The fourth-order valence-electron chi connectivity index (χ4n) is 3.58. The molecule has 0 aromatic carbocycles. The van der Waals surface area contributed by atoms with Gasteiger partial charge < -0.3 is 84.4 Å². The lowest BCUT2D eigenvalue weighted by Crippen LogP contribution is -2.69. The zero-order valence-corrected chi connectivity index (χ0v) is 24.6. The van der Waals surface area contributed by atoms with Gasteiger partial charge in [0.05, 0.1) is 0 Å². The van der Waals surface area contributed by atoms with Crippen molar-refractivity contribution >= 4 is 60.8 Å². The van der Waals surface area contributed by atoms with Crippen molar-refractivity contribution in [1.29, 1.82) is 0 Å². The van der Waals surface area contributed by atoms with Crippen molar-refractivity contribution in [1.82, 2.24) is 6.15 Å². The molecule has 0 rings (SSSR count). The molecule has 26 nitrogen and oxygen atoms in total. The van der Waals surface area contributed by atoms with Crippen molar-refractivity contribution in [3.63, 3.8) is 0 Å². The molecule has 0 heterocycles. The van der Waals surface area contributed by atoms with Crippen LogP contribution in [0, 0.1) is 0 Å². The molecule has 0 aromatic heterocycles. The number of nitrogens with zero attached hydrogens (tertiary/aromatic N) is 1. The lowest BCUT2D eigenvalue weighted by atomic mass is 10.7. The highest BCUT2D eigenvalue weighted by atomic mass is 31.3. The Morgan fingerprint density at radius 1 is 0.289 bits per heavy atom. The fraction of sp³-hybridized carbons (Fsp3) is 1.00. The summed E-state index contributed by atoms with van der Waals surface area (Å²) < 4.78 is 92.4. The summed E-state index contributed by atoms with van der Waals surface area (Å²) in [4.78, 5) is 153. The summed E-state index contributed by atoms with van der Waals surface area (Å²) in [5.41, 5.74) is -20.7. The molecule has 0 bridgehead atoms. The molecule has 0 saturated carbocycles. The highest BCUT2D eigenvalue weighted by Crippen LogP contribution is 2.84. The first-order valence-electron chi connectivity index (χ1n) is 7.76. The van der Waals surface area contributed by atoms with Crippen molar-refractivity contribution in [3.05, 3.63) is 0 Å². The Kier molecular flexibility index (Phi) is 12.7. The molecule has 232 valence electrons. The molecule has 0 aliphatic rings. The summed E-state index contributed by atoms with van der Waals surface area (Å²) in [6, 6.07) is 0. The topological polar surface area (TPSA) is 495 Å². The molecule has 0 amide bonds. The average molecular weight is 731 g/mol. The number of quaternary nitrogens is 1. The molecule has 0 fully saturated rings. The summed E-state index contributed by atoms with van der Waals surface area (Å²) in [6.45, 7) is 0. The van der Waals surface area contributed by atoms with Gasteiger partial charge in [-0.3, -0.25) is 36.5 Å². The van der Waals surface area contributed by atoms with E-state index in [9.17, 15) is 115 Å². The van der Waals surface area contributed by atoms with E-state index in [0.29, 0.717) is 0 Å². The van der Waals surface area contributed by atoms with Crippen LogP contribution in [0.15, 0.2) is 0 Å². The van der Waals surface area contributed by atoms with Gasteiger partial charge in [-0.2, -0.15) is 0 Å². The van der Waals surface area contributed by atoms with E-state index in [2.05, 4.69) is 0 Å². The van der Waals surface area contributed by atoms with Crippen LogP contribution in [-0.4, -0.2) is 105 Å². The molecule has 0 aromatic rings. The van der Waals surface area contributed by atoms with E-state index < -0.39 is 87.3 Å². The Bertz CT molecular complexity index is 968. The molecule has 34 heteroatoms. The molecule has 0 aliphatic carbocycles. The van der Waals surface area contributed by atoms with Crippen LogP contribution < -0.4 is 6.15 Å². The van der Waals surface area contributed by atoms with Crippen LogP contribution in [-0.2, 0) is 36.5 Å². The normalized spacial score (nSPS) is 15.9. The lowest BCUT2D eigenvalue weighted by Gasteiger charge is -2.54. The zero-order valence-electron chi connectivity index (χ0n) is 17.5. The van der Waals surface area contributed by atoms with Gasteiger partial charge in [0.2, 0.25) is 0 Å². The molecule has 19 N–H and O–H groups in total. The maximum atomic E-state index is 12.2. The first-order chi connectivity index (χ1) is 15.5. The van der Waals surface area contributed by atoms with Crippen molar-refractivity contribution in [3.8, 4) is 0 Å². The minimum absolute atomic E-state index is 0. The predicted molar refractivity (Wildman–Crippen MR) is 117 cm³/mol. The quantitative estimate of drug-likeness (QED) is 0.0684. The fourth-order valence-corrected chi connectivity index (χ4v) is 19.7. The molecule has 0 atom stereocenters. The molecular weight excluding hydrogens is 708 g/mol. The van der Waals surface area contributed by atoms with Crippen LogP contribution in [0.5, 0.6) is 0 Å². The van der Waals surface area contributed by atoms with Crippen LogP contribution >= 0.6 is 60.8 Å². The first kappa shape index (κ1) is 41.3. The van der Waals surface area contributed by atoms with E-state index in [1.54, 1.807) is 0 Å². The molecule has 0 unspecified atom stereocenters. The first-order valence-corrected chi connectivity index (χ1v) is 21.2. The highest BCUT2D eigenvalue weighted by molar-refractivity contribution is 7.74. The van der Waals surface area contributed by atoms with Gasteiger partial charge in [-0.05, 0) is 0 Å². The van der Waals surface area contributed by atoms with Crippen LogP contribution in [0.25, 0.3) is 0 Å². The Labute approximate surface area is 208 Å². The molecule has 0 radical (unpaired) electrons. The molecule has 0 saturated heterocycles. The van der Waals surface area contributed by atoms with Gasteiger partial charge in [0.25, 0.3) is 22.1 Å². The van der Waals surface area contributed by atoms with Crippen molar-refractivity contribution in [2.75, 3.05) is 0 Å². The zero-order chi connectivity index (χ0) is 30.8. The lowest BCUT2D eigenvalue weighted by molar-refractivity contribution is -0.932. The standard InChI is InChI=1S/C4H19NO24P8.H3N/c6-30(7,8)1(31(9,10)11)5(2(32(12,13)14)33(15,16)17,3(34(18,19)20)35(21,22)23)4(36(24,25)26)37(27,28)29;/h1-4H,(H15-,6,7,8,9,10,11,12,13,14,15,16,17,18,19,20,21,22,23,24,25,26,27,28,29);1H3/p+1. The third-order valence-corrected chi connectivity index (χ3v) is 19.2.